The van der Waals surface area contributed by atoms with Crippen molar-refractivity contribution in [1.29, 1.82) is 0 Å². The van der Waals surface area contributed by atoms with Crippen molar-refractivity contribution >= 4 is 33.3 Å². The molecule has 252 valence electrons. The highest BCUT2D eigenvalue weighted by Crippen LogP contribution is 2.56. The monoisotopic (exact) mass is 680 g/mol. The maximum absolute atomic E-state index is 5.73. The van der Waals surface area contributed by atoms with Crippen LogP contribution in [0.4, 0.5) is 11.4 Å². The molecule has 1 aliphatic rings. The first-order chi connectivity index (χ1) is 26.2. The summed E-state index contributed by atoms with van der Waals surface area (Å²) in [5.74, 6) is 0. The van der Waals surface area contributed by atoms with Crippen LogP contribution in [0.25, 0.3) is 44.2 Å². The Labute approximate surface area is 309 Å². The van der Waals surface area contributed by atoms with Crippen LogP contribution in [-0.4, -0.2) is 0 Å². The van der Waals surface area contributed by atoms with Gasteiger partial charge in [0.25, 0.3) is 0 Å². The lowest BCUT2D eigenvalue weighted by atomic mass is 9.68. The zero-order valence-corrected chi connectivity index (χ0v) is 29.4. The molecule has 0 unspecified atom stereocenters. The van der Waals surface area contributed by atoms with E-state index in [-0.39, 0.29) is 0 Å². The van der Waals surface area contributed by atoms with Crippen molar-refractivity contribution in [2.75, 3.05) is 0 Å². The Hall–Kier alpha value is -6.84. The van der Waals surface area contributed by atoms with Gasteiger partial charge in [-0.3, -0.25) is 0 Å². The number of benzene rings is 8. The molecule has 0 amide bonds. The summed E-state index contributed by atoms with van der Waals surface area (Å²) in [6, 6.07) is 70.0. The van der Waals surface area contributed by atoms with Crippen LogP contribution in [0.2, 0.25) is 0 Å². The van der Waals surface area contributed by atoms with Gasteiger partial charge < -0.3 is 4.42 Å². The zero-order valence-electron chi connectivity index (χ0n) is 29.4. The molecule has 0 spiro atoms. The van der Waals surface area contributed by atoms with Crippen molar-refractivity contribution in [2.45, 2.75) is 12.3 Å². The molecule has 0 radical (unpaired) electrons. The minimum Gasteiger partial charge on any atom is -0.456 e. The predicted molar refractivity (Wildman–Crippen MR) is 218 cm³/mol. The highest BCUT2D eigenvalue weighted by Gasteiger charge is 2.45. The fourth-order valence-electron chi connectivity index (χ4n) is 7.80. The molecular weight excluding hydrogens is 645 g/mol. The third-order valence-corrected chi connectivity index (χ3v) is 10.2. The number of aryl methyl sites for hydroxylation is 1. The lowest BCUT2D eigenvalue weighted by Crippen LogP contribution is -2.28. The normalized spacial score (nSPS) is 12.7. The van der Waals surface area contributed by atoms with Crippen molar-refractivity contribution in [3.63, 3.8) is 0 Å². The van der Waals surface area contributed by atoms with Gasteiger partial charge in [0, 0.05) is 10.8 Å². The molecule has 10 rings (SSSR count). The molecule has 8 aromatic carbocycles. The number of furan rings is 1. The van der Waals surface area contributed by atoms with E-state index in [2.05, 4.69) is 181 Å². The largest absolute Gasteiger partial charge is 0.456 e. The van der Waals surface area contributed by atoms with Crippen LogP contribution in [0, 0.1) is 6.92 Å². The third kappa shape index (κ3) is 5.83. The van der Waals surface area contributed by atoms with Gasteiger partial charge >= 0.3 is 0 Å². The van der Waals surface area contributed by atoms with Gasteiger partial charge in [-0.05, 0) is 93.4 Å². The van der Waals surface area contributed by atoms with Gasteiger partial charge in [0.15, 0.2) is 0 Å². The minimum atomic E-state index is -0.391. The standard InChI is InChI=1S/C37H26N2.C13H10O/c1-4-12-27(13-5-1)28-20-22-31(23-21-28)38-39-32-24-25-36-34(26-32)33-18-10-11-19-35(33)37(36,29-14-6-2-7-15-29)30-16-8-3-9-17-30;1-9-6-7-11-10-4-2-3-5-12(10)14-13(11)8-9/h1-26H;2-8H,1H3. The summed E-state index contributed by atoms with van der Waals surface area (Å²) in [6.07, 6.45) is 0. The van der Waals surface area contributed by atoms with Gasteiger partial charge in [0.1, 0.15) is 11.2 Å². The SMILES string of the molecule is Cc1ccc2c(c1)oc1ccccc12.c1ccc(-c2ccc(N=Nc3ccc4c(c3)-c3ccccc3C4(c3ccccc3)c3ccccc3)cc2)cc1. The molecule has 1 heterocycles. The van der Waals surface area contributed by atoms with Gasteiger partial charge in [-0.15, -0.1) is 0 Å². The summed E-state index contributed by atoms with van der Waals surface area (Å²) in [5, 5.41) is 11.6. The number of azo groups is 1. The van der Waals surface area contributed by atoms with Crippen LogP contribution < -0.4 is 0 Å². The highest BCUT2D eigenvalue weighted by molar-refractivity contribution is 6.04. The minimum absolute atomic E-state index is 0.391. The topological polar surface area (TPSA) is 37.9 Å². The number of para-hydroxylation sites is 1. The average molecular weight is 681 g/mol. The molecule has 1 aliphatic carbocycles. The molecule has 3 heteroatoms. The molecule has 0 atom stereocenters. The molecule has 3 nitrogen and oxygen atoms in total. The first-order valence-electron chi connectivity index (χ1n) is 18.0. The summed E-state index contributed by atoms with van der Waals surface area (Å²) in [6.45, 7) is 2.08. The lowest BCUT2D eigenvalue weighted by molar-refractivity contribution is 0.668. The fraction of sp³-hybridized carbons (Fsp3) is 0.0400. The smallest absolute Gasteiger partial charge is 0.135 e. The van der Waals surface area contributed by atoms with E-state index < -0.39 is 5.41 Å². The van der Waals surface area contributed by atoms with Gasteiger partial charge in [0.05, 0.1) is 16.8 Å². The summed E-state index contributed by atoms with van der Waals surface area (Å²) >= 11 is 0. The van der Waals surface area contributed by atoms with Crippen molar-refractivity contribution in [3.8, 4) is 22.3 Å². The maximum atomic E-state index is 5.73. The van der Waals surface area contributed by atoms with Crippen molar-refractivity contribution in [1.82, 2.24) is 0 Å². The third-order valence-electron chi connectivity index (χ3n) is 10.2. The Bertz CT molecular complexity index is 2670. The van der Waals surface area contributed by atoms with Gasteiger partial charge in [0.2, 0.25) is 0 Å². The van der Waals surface area contributed by atoms with E-state index in [4.69, 9.17) is 4.42 Å². The van der Waals surface area contributed by atoms with Crippen LogP contribution in [0.1, 0.15) is 27.8 Å². The van der Waals surface area contributed by atoms with Crippen molar-refractivity contribution in [2.24, 2.45) is 10.2 Å². The van der Waals surface area contributed by atoms with Gasteiger partial charge in [-0.2, -0.15) is 10.2 Å². The molecule has 9 aromatic rings. The van der Waals surface area contributed by atoms with Crippen LogP contribution >= 0.6 is 0 Å². The van der Waals surface area contributed by atoms with Crippen LogP contribution in [0.5, 0.6) is 0 Å². The number of nitrogens with zero attached hydrogens (tertiary/aromatic N) is 2. The van der Waals surface area contributed by atoms with E-state index in [1.54, 1.807) is 0 Å². The second-order valence-corrected chi connectivity index (χ2v) is 13.5. The Morgan fingerprint density at radius 3 is 1.68 bits per heavy atom. The molecule has 0 N–H and O–H groups in total. The Morgan fingerprint density at radius 2 is 0.943 bits per heavy atom. The highest BCUT2D eigenvalue weighted by atomic mass is 16.3. The predicted octanol–water partition coefficient (Wildman–Crippen LogP) is 14.0. The van der Waals surface area contributed by atoms with E-state index in [0.717, 1.165) is 22.5 Å². The summed E-state index contributed by atoms with van der Waals surface area (Å²) in [4.78, 5) is 0. The molecule has 53 heavy (non-hydrogen) atoms. The number of rotatable bonds is 5. The van der Waals surface area contributed by atoms with Gasteiger partial charge in [-0.1, -0.05) is 164 Å². The van der Waals surface area contributed by atoms with E-state index in [9.17, 15) is 0 Å². The summed E-state index contributed by atoms with van der Waals surface area (Å²) in [7, 11) is 0. The number of fused-ring (bicyclic) bond motifs is 6. The summed E-state index contributed by atoms with van der Waals surface area (Å²) < 4.78 is 5.73. The number of hydrogen-bond acceptors (Lipinski definition) is 3. The zero-order chi connectivity index (χ0) is 35.6. The first kappa shape index (κ1) is 32.1. The second-order valence-electron chi connectivity index (χ2n) is 13.5. The van der Waals surface area contributed by atoms with E-state index >= 15 is 0 Å². The van der Waals surface area contributed by atoms with Crippen LogP contribution in [0.3, 0.4) is 0 Å². The second kappa shape index (κ2) is 13.7. The Kier molecular flexibility index (Phi) is 8.30. The maximum Gasteiger partial charge on any atom is 0.135 e. The molecule has 0 bridgehead atoms. The van der Waals surface area contributed by atoms with E-state index in [0.29, 0.717) is 0 Å². The molecule has 0 fully saturated rings. The molecule has 0 saturated carbocycles. The number of hydrogen-bond donors (Lipinski definition) is 0. The molecule has 1 aromatic heterocycles. The fourth-order valence-corrected chi connectivity index (χ4v) is 7.80. The van der Waals surface area contributed by atoms with Crippen LogP contribution in [0.15, 0.2) is 215 Å². The van der Waals surface area contributed by atoms with E-state index in [1.807, 2.05) is 36.4 Å². The lowest BCUT2D eigenvalue weighted by Gasteiger charge is -2.33. The molecule has 0 aliphatic heterocycles. The van der Waals surface area contributed by atoms with E-state index in [1.165, 1.54) is 60.8 Å². The van der Waals surface area contributed by atoms with Crippen molar-refractivity contribution in [3.05, 3.63) is 228 Å². The van der Waals surface area contributed by atoms with Crippen molar-refractivity contribution < 1.29 is 4.42 Å². The Morgan fingerprint density at radius 1 is 0.396 bits per heavy atom. The first-order valence-corrected chi connectivity index (χ1v) is 18.0. The summed E-state index contributed by atoms with van der Waals surface area (Å²) in [5.41, 5.74) is 14.3. The molecular formula is C50H36N2O. The average Bonchev–Trinajstić information content (AvgIpc) is 3.74. The van der Waals surface area contributed by atoms with Gasteiger partial charge in [-0.25, -0.2) is 0 Å². The van der Waals surface area contributed by atoms with Crippen LogP contribution in [-0.2, 0) is 5.41 Å². The quantitative estimate of drug-likeness (QED) is 0.167. The molecule has 0 saturated heterocycles. The Balaban J connectivity index is 0.000000221.